The first-order valence-electron chi connectivity index (χ1n) is 5.88. The molecule has 4 N–H and O–H groups in total. The van der Waals surface area contributed by atoms with Gasteiger partial charge in [0.1, 0.15) is 0 Å². The van der Waals surface area contributed by atoms with E-state index in [1.807, 2.05) is 12.1 Å². The van der Waals surface area contributed by atoms with Crippen LogP contribution in [-0.4, -0.2) is 5.91 Å². The number of amides is 1. The minimum absolute atomic E-state index is 0.435. The van der Waals surface area contributed by atoms with E-state index >= 15 is 0 Å². The van der Waals surface area contributed by atoms with E-state index in [1.54, 1.807) is 6.07 Å². The fourth-order valence-electron chi connectivity index (χ4n) is 2.57. The number of nitrogen functional groups attached to an aromatic ring is 1. The molecule has 86 valence electrons. The SMILES string of the molecule is NC(=O)c1cccc(C2CCCCC2)c1N. The zero-order valence-electron chi connectivity index (χ0n) is 9.41. The molecule has 0 aromatic heterocycles. The van der Waals surface area contributed by atoms with Crippen LogP contribution in [0, 0.1) is 0 Å². The Kier molecular flexibility index (Phi) is 3.13. The number of carbonyl (C=O) groups excluding carboxylic acids is 1. The third-order valence-electron chi connectivity index (χ3n) is 3.45. The molecule has 0 heterocycles. The Labute approximate surface area is 95.8 Å². The molecule has 16 heavy (non-hydrogen) atoms. The van der Waals surface area contributed by atoms with Crippen molar-refractivity contribution in [3.63, 3.8) is 0 Å². The van der Waals surface area contributed by atoms with Crippen LogP contribution >= 0.6 is 0 Å². The van der Waals surface area contributed by atoms with Gasteiger partial charge in [0.15, 0.2) is 0 Å². The summed E-state index contributed by atoms with van der Waals surface area (Å²) in [5.41, 5.74) is 13.5. The molecule has 2 rings (SSSR count). The van der Waals surface area contributed by atoms with Crippen LogP contribution in [-0.2, 0) is 0 Å². The van der Waals surface area contributed by atoms with E-state index in [0.29, 0.717) is 17.2 Å². The number of hydrogen-bond donors (Lipinski definition) is 2. The fourth-order valence-corrected chi connectivity index (χ4v) is 2.57. The van der Waals surface area contributed by atoms with Gasteiger partial charge in [0.25, 0.3) is 5.91 Å². The number of para-hydroxylation sites is 1. The average molecular weight is 218 g/mol. The predicted molar refractivity (Wildman–Crippen MR) is 65.2 cm³/mol. The minimum atomic E-state index is -0.435. The molecule has 1 aromatic carbocycles. The lowest BCUT2D eigenvalue weighted by molar-refractivity contribution is 0.100. The van der Waals surface area contributed by atoms with E-state index in [-0.39, 0.29) is 0 Å². The van der Waals surface area contributed by atoms with Crippen LogP contribution in [0.3, 0.4) is 0 Å². The molecule has 1 aliphatic carbocycles. The van der Waals surface area contributed by atoms with Crippen LogP contribution in [0.25, 0.3) is 0 Å². The topological polar surface area (TPSA) is 69.1 Å². The number of nitrogens with two attached hydrogens (primary N) is 2. The van der Waals surface area contributed by atoms with Crippen molar-refractivity contribution in [1.29, 1.82) is 0 Å². The molecular weight excluding hydrogens is 200 g/mol. The van der Waals surface area contributed by atoms with Gasteiger partial charge in [0, 0.05) is 5.69 Å². The van der Waals surface area contributed by atoms with Gasteiger partial charge in [-0.05, 0) is 30.4 Å². The summed E-state index contributed by atoms with van der Waals surface area (Å²) >= 11 is 0. The van der Waals surface area contributed by atoms with Crippen LogP contribution < -0.4 is 11.5 Å². The quantitative estimate of drug-likeness (QED) is 0.748. The number of benzene rings is 1. The van der Waals surface area contributed by atoms with Crippen molar-refractivity contribution in [2.24, 2.45) is 5.73 Å². The summed E-state index contributed by atoms with van der Waals surface area (Å²) in [6, 6.07) is 5.60. The van der Waals surface area contributed by atoms with Crippen molar-refractivity contribution >= 4 is 11.6 Å². The van der Waals surface area contributed by atoms with Gasteiger partial charge in [-0.3, -0.25) is 4.79 Å². The van der Waals surface area contributed by atoms with Gasteiger partial charge in [-0.2, -0.15) is 0 Å². The van der Waals surface area contributed by atoms with Crippen LogP contribution in [0.15, 0.2) is 18.2 Å². The molecule has 0 saturated heterocycles. The molecule has 1 aromatic rings. The Morgan fingerprint density at radius 3 is 2.50 bits per heavy atom. The average Bonchev–Trinajstić information content (AvgIpc) is 2.30. The zero-order valence-corrected chi connectivity index (χ0v) is 9.41. The van der Waals surface area contributed by atoms with E-state index in [2.05, 4.69) is 0 Å². The summed E-state index contributed by atoms with van der Waals surface area (Å²) in [4.78, 5) is 11.2. The van der Waals surface area contributed by atoms with Crippen molar-refractivity contribution in [3.8, 4) is 0 Å². The van der Waals surface area contributed by atoms with Crippen LogP contribution in [0.2, 0.25) is 0 Å². The summed E-state index contributed by atoms with van der Waals surface area (Å²) in [7, 11) is 0. The van der Waals surface area contributed by atoms with Crippen LogP contribution in [0.5, 0.6) is 0 Å². The highest BCUT2D eigenvalue weighted by Gasteiger charge is 2.19. The normalized spacial score (nSPS) is 17.2. The second-order valence-electron chi connectivity index (χ2n) is 4.51. The number of carbonyl (C=O) groups is 1. The van der Waals surface area contributed by atoms with Gasteiger partial charge in [0.05, 0.1) is 5.56 Å². The minimum Gasteiger partial charge on any atom is -0.398 e. The molecule has 0 atom stereocenters. The number of rotatable bonds is 2. The molecule has 0 unspecified atom stereocenters. The molecule has 0 aliphatic heterocycles. The molecule has 0 bridgehead atoms. The van der Waals surface area contributed by atoms with Gasteiger partial charge < -0.3 is 11.5 Å². The molecule has 1 aliphatic rings. The Morgan fingerprint density at radius 2 is 1.88 bits per heavy atom. The molecular formula is C13H18N2O. The number of primary amides is 1. The highest BCUT2D eigenvalue weighted by molar-refractivity contribution is 5.98. The summed E-state index contributed by atoms with van der Waals surface area (Å²) in [5.74, 6) is 0.0724. The highest BCUT2D eigenvalue weighted by Crippen LogP contribution is 2.36. The maximum absolute atomic E-state index is 11.2. The lowest BCUT2D eigenvalue weighted by Crippen LogP contribution is -2.16. The van der Waals surface area contributed by atoms with E-state index in [0.717, 1.165) is 5.56 Å². The Bertz CT molecular complexity index is 395. The van der Waals surface area contributed by atoms with Crippen LogP contribution in [0.4, 0.5) is 5.69 Å². The van der Waals surface area contributed by atoms with Crippen molar-refractivity contribution in [1.82, 2.24) is 0 Å². The lowest BCUT2D eigenvalue weighted by Gasteiger charge is -2.23. The Balaban J connectivity index is 2.33. The maximum Gasteiger partial charge on any atom is 0.250 e. The van der Waals surface area contributed by atoms with E-state index in [4.69, 9.17) is 11.5 Å². The Hall–Kier alpha value is -1.51. The molecule has 1 amide bonds. The molecule has 3 nitrogen and oxygen atoms in total. The van der Waals surface area contributed by atoms with Gasteiger partial charge in [-0.15, -0.1) is 0 Å². The first-order valence-corrected chi connectivity index (χ1v) is 5.88. The second kappa shape index (κ2) is 4.56. The standard InChI is InChI=1S/C13H18N2O/c14-12-10(9-5-2-1-3-6-9)7-4-8-11(12)13(15)16/h4,7-9H,1-3,5-6,14H2,(H2,15,16). The van der Waals surface area contributed by atoms with E-state index in [9.17, 15) is 4.79 Å². The number of hydrogen-bond acceptors (Lipinski definition) is 2. The zero-order chi connectivity index (χ0) is 11.5. The van der Waals surface area contributed by atoms with E-state index in [1.165, 1.54) is 32.1 Å². The van der Waals surface area contributed by atoms with Crippen LogP contribution in [0.1, 0.15) is 53.9 Å². The van der Waals surface area contributed by atoms with Gasteiger partial charge in [0.2, 0.25) is 0 Å². The molecule has 1 saturated carbocycles. The van der Waals surface area contributed by atoms with Crippen molar-refractivity contribution in [3.05, 3.63) is 29.3 Å². The first-order chi connectivity index (χ1) is 7.70. The molecule has 1 fully saturated rings. The lowest BCUT2D eigenvalue weighted by atomic mass is 9.82. The maximum atomic E-state index is 11.2. The third-order valence-corrected chi connectivity index (χ3v) is 3.45. The smallest absolute Gasteiger partial charge is 0.250 e. The van der Waals surface area contributed by atoms with Gasteiger partial charge >= 0.3 is 0 Å². The monoisotopic (exact) mass is 218 g/mol. The van der Waals surface area contributed by atoms with Gasteiger partial charge in [-0.1, -0.05) is 31.4 Å². The van der Waals surface area contributed by atoms with E-state index < -0.39 is 5.91 Å². The molecule has 0 spiro atoms. The van der Waals surface area contributed by atoms with Crippen molar-refractivity contribution in [2.75, 3.05) is 5.73 Å². The summed E-state index contributed by atoms with van der Waals surface area (Å²) < 4.78 is 0. The number of anilines is 1. The predicted octanol–water partition coefficient (Wildman–Crippen LogP) is 2.42. The summed E-state index contributed by atoms with van der Waals surface area (Å²) in [6.45, 7) is 0. The highest BCUT2D eigenvalue weighted by atomic mass is 16.1. The second-order valence-corrected chi connectivity index (χ2v) is 4.51. The molecule has 0 radical (unpaired) electrons. The fraction of sp³-hybridized carbons (Fsp3) is 0.462. The largest absolute Gasteiger partial charge is 0.398 e. The van der Waals surface area contributed by atoms with Gasteiger partial charge in [-0.25, -0.2) is 0 Å². The van der Waals surface area contributed by atoms with Crippen molar-refractivity contribution < 1.29 is 4.79 Å². The molecule has 3 heteroatoms. The summed E-state index contributed by atoms with van der Waals surface area (Å²) in [6.07, 6.45) is 6.17. The summed E-state index contributed by atoms with van der Waals surface area (Å²) in [5, 5.41) is 0. The first kappa shape index (κ1) is 11.0. The third kappa shape index (κ3) is 2.03. The van der Waals surface area contributed by atoms with Crippen molar-refractivity contribution in [2.45, 2.75) is 38.0 Å². The Morgan fingerprint density at radius 1 is 1.19 bits per heavy atom.